The van der Waals surface area contributed by atoms with Crippen LogP contribution in [0.25, 0.3) is 0 Å². The van der Waals surface area contributed by atoms with Gasteiger partial charge < -0.3 is 16.0 Å². The van der Waals surface area contributed by atoms with Gasteiger partial charge in [-0.2, -0.15) is 0 Å². The highest BCUT2D eigenvalue weighted by atomic mass is 16.1. The van der Waals surface area contributed by atoms with E-state index in [4.69, 9.17) is 5.73 Å². The number of hydrogen-bond acceptors (Lipinski definition) is 3. The number of carbonyl (C=O) groups excluding carboxylic acids is 1. The highest BCUT2D eigenvalue weighted by Crippen LogP contribution is 2.13. The van der Waals surface area contributed by atoms with Crippen molar-refractivity contribution in [3.8, 4) is 0 Å². The van der Waals surface area contributed by atoms with Crippen LogP contribution in [0.5, 0.6) is 0 Å². The molecule has 0 aliphatic heterocycles. The Morgan fingerprint density at radius 1 is 1.50 bits per heavy atom. The lowest BCUT2D eigenvalue weighted by molar-refractivity contribution is -0.120. The summed E-state index contributed by atoms with van der Waals surface area (Å²) >= 11 is 0. The summed E-state index contributed by atoms with van der Waals surface area (Å²) < 4.78 is 0. The molecule has 0 unspecified atom stereocenters. The minimum absolute atomic E-state index is 0.0856. The predicted molar refractivity (Wildman–Crippen MR) is 59.0 cm³/mol. The Labute approximate surface area is 86.8 Å². The van der Waals surface area contributed by atoms with Crippen LogP contribution >= 0.6 is 0 Å². The quantitative estimate of drug-likeness (QED) is 0.638. The Balaban J connectivity index is 3.75. The van der Waals surface area contributed by atoms with Crippen molar-refractivity contribution in [3.63, 3.8) is 0 Å². The van der Waals surface area contributed by atoms with E-state index < -0.39 is 0 Å². The normalized spacial score (nSPS) is 11.9. The summed E-state index contributed by atoms with van der Waals surface area (Å²) in [6.45, 7) is 6.62. The van der Waals surface area contributed by atoms with Crippen LogP contribution in [-0.4, -0.2) is 44.5 Å². The van der Waals surface area contributed by atoms with E-state index in [1.165, 1.54) is 0 Å². The Hall–Kier alpha value is -0.610. The van der Waals surface area contributed by atoms with Crippen LogP contribution in [0.15, 0.2) is 0 Å². The van der Waals surface area contributed by atoms with Gasteiger partial charge in [-0.15, -0.1) is 0 Å². The van der Waals surface area contributed by atoms with Gasteiger partial charge in [0, 0.05) is 26.6 Å². The number of nitrogens with two attached hydrogens (primary N) is 1. The van der Waals surface area contributed by atoms with Gasteiger partial charge >= 0.3 is 0 Å². The van der Waals surface area contributed by atoms with Crippen molar-refractivity contribution >= 4 is 5.91 Å². The van der Waals surface area contributed by atoms with Gasteiger partial charge in [0.15, 0.2) is 0 Å². The fourth-order valence-electron chi connectivity index (χ4n) is 1.29. The molecule has 3 N–H and O–H groups in total. The van der Waals surface area contributed by atoms with Crippen LogP contribution in [0.1, 0.15) is 20.3 Å². The molecular weight excluding hydrogens is 178 g/mol. The van der Waals surface area contributed by atoms with E-state index in [9.17, 15) is 4.79 Å². The van der Waals surface area contributed by atoms with E-state index in [2.05, 4.69) is 24.1 Å². The molecule has 0 radical (unpaired) electrons. The first kappa shape index (κ1) is 13.4. The molecule has 0 aliphatic rings. The minimum Gasteiger partial charge on any atom is -0.359 e. The second-order valence-electron chi connectivity index (χ2n) is 4.53. The van der Waals surface area contributed by atoms with Gasteiger partial charge in [0.25, 0.3) is 0 Å². The summed E-state index contributed by atoms with van der Waals surface area (Å²) in [7, 11) is 3.67. The third kappa shape index (κ3) is 5.94. The van der Waals surface area contributed by atoms with Crippen molar-refractivity contribution in [1.29, 1.82) is 0 Å². The molecule has 0 aliphatic carbocycles. The standard InChI is InChI=1S/C10H23N3O/c1-10(2,7-11)8-13(4)6-5-9(14)12-3/h5-8,11H2,1-4H3,(H,12,14). The van der Waals surface area contributed by atoms with Gasteiger partial charge in [0.1, 0.15) is 0 Å². The topological polar surface area (TPSA) is 58.4 Å². The third-order valence-corrected chi connectivity index (χ3v) is 2.25. The first-order valence-corrected chi connectivity index (χ1v) is 5.00. The van der Waals surface area contributed by atoms with Gasteiger partial charge in [-0.1, -0.05) is 13.8 Å². The molecule has 0 atom stereocenters. The molecule has 0 aromatic carbocycles. The highest BCUT2D eigenvalue weighted by Gasteiger charge is 2.17. The second-order valence-corrected chi connectivity index (χ2v) is 4.53. The Kier molecular flexibility index (Phi) is 5.72. The first-order chi connectivity index (χ1) is 6.41. The molecule has 0 saturated heterocycles. The minimum atomic E-state index is 0.0856. The van der Waals surface area contributed by atoms with Gasteiger partial charge in [0.05, 0.1) is 0 Å². The van der Waals surface area contributed by atoms with Crippen molar-refractivity contribution in [3.05, 3.63) is 0 Å². The van der Waals surface area contributed by atoms with E-state index >= 15 is 0 Å². The van der Waals surface area contributed by atoms with E-state index in [0.29, 0.717) is 13.0 Å². The average Bonchev–Trinajstić information content (AvgIpc) is 2.13. The molecule has 14 heavy (non-hydrogen) atoms. The SMILES string of the molecule is CNC(=O)CCN(C)CC(C)(C)CN. The number of rotatable bonds is 6. The van der Waals surface area contributed by atoms with Gasteiger partial charge in [-0.05, 0) is 19.0 Å². The van der Waals surface area contributed by atoms with Gasteiger partial charge in [-0.3, -0.25) is 4.79 Å². The summed E-state index contributed by atoms with van der Waals surface area (Å²) in [5.74, 6) is 0.0856. The van der Waals surface area contributed by atoms with Crippen LogP contribution in [0.3, 0.4) is 0 Å². The molecule has 0 fully saturated rings. The Bertz CT molecular complexity index is 180. The van der Waals surface area contributed by atoms with Gasteiger partial charge in [0.2, 0.25) is 5.91 Å². The zero-order chi connectivity index (χ0) is 11.2. The van der Waals surface area contributed by atoms with Crippen LogP contribution in [0, 0.1) is 5.41 Å². The molecule has 0 bridgehead atoms. The smallest absolute Gasteiger partial charge is 0.221 e. The van der Waals surface area contributed by atoms with E-state index in [-0.39, 0.29) is 11.3 Å². The molecule has 1 amide bonds. The number of carbonyl (C=O) groups is 1. The van der Waals surface area contributed by atoms with E-state index in [0.717, 1.165) is 13.1 Å². The maximum atomic E-state index is 11.0. The number of nitrogens with one attached hydrogen (secondary N) is 1. The molecule has 0 aromatic rings. The molecule has 4 heteroatoms. The van der Waals surface area contributed by atoms with Crippen molar-refractivity contribution in [1.82, 2.24) is 10.2 Å². The van der Waals surface area contributed by atoms with Crippen molar-refractivity contribution in [2.45, 2.75) is 20.3 Å². The summed E-state index contributed by atoms with van der Waals surface area (Å²) in [6.07, 6.45) is 0.549. The van der Waals surface area contributed by atoms with E-state index in [1.54, 1.807) is 7.05 Å². The van der Waals surface area contributed by atoms with Crippen LogP contribution in [0.4, 0.5) is 0 Å². The molecule has 0 spiro atoms. The van der Waals surface area contributed by atoms with Crippen LogP contribution in [0.2, 0.25) is 0 Å². The van der Waals surface area contributed by atoms with Crippen molar-refractivity contribution < 1.29 is 4.79 Å². The largest absolute Gasteiger partial charge is 0.359 e. The third-order valence-electron chi connectivity index (χ3n) is 2.25. The number of hydrogen-bond donors (Lipinski definition) is 2. The maximum absolute atomic E-state index is 11.0. The molecule has 0 rings (SSSR count). The van der Waals surface area contributed by atoms with Crippen LogP contribution in [-0.2, 0) is 4.79 Å². The Morgan fingerprint density at radius 3 is 2.50 bits per heavy atom. The highest BCUT2D eigenvalue weighted by molar-refractivity contribution is 5.75. The number of nitrogens with zero attached hydrogens (tertiary/aromatic N) is 1. The zero-order valence-corrected chi connectivity index (χ0v) is 9.76. The summed E-state index contributed by atoms with van der Waals surface area (Å²) in [5.41, 5.74) is 5.75. The molecule has 0 heterocycles. The number of amides is 1. The van der Waals surface area contributed by atoms with Crippen molar-refractivity contribution in [2.24, 2.45) is 11.1 Å². The molecular formula is C10H23N3O. The van der Waals surface area contributed by atoms with Crippen molar-refractivity contribution in [2.75, 3.05) is 33.7 Å². The molecule has 0 aromatic heterocycles. The molecule has 0 saturated carbocycles. The second kappa shape index (κ2) is 5.98. The monoisotopic (exact) mass is 201 g/mol. The molecule has 84 valence electrons. The molecule has 4 nitrogen and oxygen atoms in total. The predicted octanol–water partition coefficient (Wildman–Crippen LogP) is 0.0392. The summed E-state index contributed by atoms with van der Waals surface area (Å²) in [4.78, 5) is 13.1. The Morgan fingerprint density at radius 2 is 2.07 bits per heavy atom. The fraction of sp³-hybridized carbons (Fsp3) is 0.900. The average molecular weight is 201 g/mol. The first-order valence-electron chi connectivity index (χ1n) is 5.00. The maximum Gasteiger partial charge on any atom is 0.221 e. The lowest BCUT2D eigenvalue weighted by atomic mass is 9.93. The van der Waals surface area contributed by atoms with E-state index in [1.807, 2.05) is 7.05 Å². The fourth-order valence-corrected chi connectivity index (χ4v) is 1.29. The summed E-state index contributed by atoms with van der Waals surface area (Å²) in [5, 5.41) is 2.61. The van der Waals surface area contributed by atoms with Crippen LogP contribution < -0.4 is 11.1 Å². The summed E-state index contributed by atoms with van der Waals surface area (Å²) in [6, 6.07) is 0. The lowest BCUT2D eigenvalue weighted by Crippen LogP contribution is -2.38. The van der Waals surface area contributed by atoms with Gasteiger partial charge in [-0.25, -0.2) is 0 Å². The lowest BCUT2D eigenvalue weighted by Gasteiger charge is -2.28. The zero-order valence-electron chi connectivity index (χ0n) is 9.76.